The highest BCUT2D eigenvalue weighted by molar-refractivity contribution is 6.30. The SMILES string of the molecule is Cc1ccc(Cl)cc1OCCO. The van der Waals surface area contributed by atoms with Gasteiger partial charge in [-0.3, -0.25) is 0 Å². The quantitative estimate of drug-likeness (QED) is 0.783. The number of aliphatic hydroxyl groups excluding tert-OH is 1. The van der Waals surface area contributed by atoms with E-state index in [1.807, 2.05) is 19.1 Å². The molecule has 0 atom stereocenters. The van der Waals surface area contributed by atoms with Gasteiger partial charge in [0.15, 0.2) is 0 Å². The van der Waals surface area contributed by atoms with Gasteiger partial charge >= 0.3 is 0 Å². The van der Waals surface area contributed by atoms with Crippen molar-refractivity contribution in [3.05, 3.63) is 28.8 Å². The average molecular weight is 187 g/mol. The van der Waals surface area contributed by atoms with E-state index in [9.17, 15) is 0 Å². The predicted molar refractivity (Wildman–Crippen MR) is 48.8 cm³/mol. The number of rotatable bonds is 3. The van der Waals surface area contributed by atoms with Crippen LogP contribution in [0.3, 0.4) is 0 Å². The Morgan fingerprint density at radius 3 is 2.92 bits per heavy atom. The molecular formula is C9H11ClO2. The molecule has 0 aromatic heterocycles. The molecule has 0 amide bonds. The van der Waals surface area contributed by atoms with Crippen LogP contribution in [-0.4, -0.2) is 18.3 Å². The Morgan fingerprint density at radius 2 is 2.25 bits per heavy atom. The molecule has 0 spiro atoms. The van der Waals surface area contributed by atoms with Crippen molar-refractivity contribution in [3.63, 3.8) is 0 Å². The fourth-order valence-electron chi connectivity index (χ4n) is 0.885. The largest absolute Gasteiger partial charge is 0.491 e. The van der Waals surface area contributed by atoms with Crippen LogP contribution in [0.25, 0.3) is 0 Å². The van der Waals surface area contributed by atoms with Crippen molar-refractivity contribution in [1.29, 1.82) is 0 Å². The normalized spacial score (nSPS) is 9.92. The number of aryl methyl sites for hydroxylation is 1. The van der Waals surface area contributed by atoms with Gasteiger partial charge < -0.3 is 9.84 Å². The monoisotopic (exact) mass is 186 g/mol. The van der Waals surface area contributed by atoms with E-state index in [0.717, 1.165) is 11.3 Å². The smallest absolute Gasteiger partial charge is 0.123 e. The van der Waals surface area contributed by atoms with Crippen LogP contribution >= 0.6 is 11.6 Å². The minimum absolute atomic E-state index is 0.0198. The number of hydrogen-bond donors (Lipinski definition) is 1. The number of ether oxygens (including phenoxy) is 1. The summed E-state index contributed by atoms with van der Waals surface area (Å²) in [6, 6.07) is 5.43. The molecule has 0 aliphatic carbocycles. The first-order valence-corrected chi connectivity index (χ1v) is 4.11. The Bertz CT molecular complexity index is 261. The van der Waals surface area contributed by atoms with Gasteiger partial charge in [-0.25, -0.2) is 0 Å². The molecule has 1 rings (SSSR count). The first-order valence-electron chi connectivity index (χ1n) is 3.74. The molecule has 12 heavy (non-hydrogen) atoms. The molecule has 1 aromatic rings. The summed E-state index contributed by atoms with van der Waals surface area (Å²) in [5, 5.41) is 9.18. The first-order chi connectivity index (χ1) is 5.74. The zero-order valence-corrected chi connectivity index (χ0v) is 7.64. The molecule has 0 saturated carbocycles. The molecule has 0 fully saturated rings. The van der Waals surface area contributed by atoms with Crippen molar-refractivity contribution >= 4 is 11.6 Å². The predicted octanol–water partition coefficient (Wildman–Crippen LogP) is 2.02. The van der Waals surface area contributed by atoms with Crippen molar-refractivity contribution < 1.29 is 9.84 Å². The molecule has 0 radical (unpaired) electrons. The lowest BCUT2D eigenvalue weighted by Gasteiger charge is -2.07. The van der Waals surface area contributed by atoms with Gasteiger partial charge in [-0.2, -0.15) is 0 Å². The van der Waals surface area contributed by atoms with Crippen LogP contribution in [0, 0.1) is 6.92 Å². The molecule has 0 unspecified atom stereocenters. The third kappa shape index (κ3) is 2.40. The molecule has 1 N–H and O–H groups in total. The second kappa shape index (κ2) is 4.33. The second-order valence-electron chi connectivity index (χ2n) is 2.48. The summed E-state index contributed by atoms with van der Waals surface area (Å²) in [7, 11) is 0. The molecule has 0 aliphatic rings. The van der Waals surface area contributed by atoms with Crippen LogP contribution in [0.4, 0.5) is 0 Å². The lowest BCUT2D eigenvalue weighted by molar-refractivity contribution is 0.200. The Morgan fingerprint density at radius 1 is 1.50 bits per heavy atom. The van der Waals surface area contributed by atoms with Crippen molar-refractivity contribution in [2.75, 3.05) is 13.2 Å². The molecule has 3 heteroatoms. The molecule has 0 heterocycles. The van der Waals surface area contributed by atoms with E-state index in [0.29, 0.717) is 11.6 Å². The van der Waals surface area contributed by atoms with Crippen molar-refractivity contribution in [2.45, 2.75) is 6.92 Å². The Balaban J connectivity index is 2.75. The van der Waals surface area contributed by atoms with Crippen LogP contribution in [0.5, 0.6) is 5.75 Å². The highest BCUT2D eigenvalue weighted by Gasteiger charge is 1.98. The summed E-state index contributed by atoms with van der Waals surface area (Å²) in [4.78, 5) is 0. The molecular weight excluding hydrogens is 176 g/mol. The summed E-state index contributed by atoms with van der Waals surface area (Å²) in [6.07, 6.45) is 0. The van der Waals surface area contributed by atoms with E-state index < -0.39 is 0 Å². The van der Waals surface area contributed by atoms with Gasteiger partial charge in [-0.15, -0.1) is 0 Å². The molecule has 1 aromatic carbocycles. The summed E-state index contributed by atoms with van der Waals surface area (Å²) < 4.78 is 5.23. The van der Waals surface area contributed by atoms with E-state index in [1.54, 1.807) is 6.07 Å². The third-order valence-corrected chi connectivity index (χ3v) is 1.73. The number of hydrogen-bond acceptors (Lipinski definition) is 2. The molecule has 0 saturated heterocycles. The van der Waals surface area contributed by atoms with Crippen molar-refractivity contribution in [1.82, 2.24) is 0 Å². The fraction of sp³-hybridized carbons (Fsp3) is 0.333. The van der Waals surface area contributed by atoms with E-state index in [1.165, 1.54) is 0 Å². The lowest BCUT2D eigenvalue weighted by Crippen LogP contribution is -2.02. The summed E-state index contributed by atoms with van der Waals surface area (Å²) in [5.41, 5.74) is 1.02. The zero-order chi connectivity index (χ0) is 8.97. The average Bonchev–Trinajstić information content (AvgIpc) is 2.07. The molecule has 66 valence electrons. The molecule has 0 aliphatic heterocycles. The maximum absolute atomic E-state index is 8.53. The topological polar surface area (TPSA) is 29.5 Å². The Kier molecular flexibility index (Phi) is 3.38. The fourth-order valence-corrected chi connectivity index (χ4v) is 1.05. The van der Waals surface area contributed by atoms with Gasteiger partial charge in [0.25, 0.3) is 0 Å². The van der Waals surface area contributed by atoms with Crippen LogP contribution in [0.1, 0.15) is 5.56 Å². The Labute approximate surface area is 76.7 Å². The lowest BCUT2D eigenvalue weighted by atomic mass is 10.2. The highest BCUT2D eigenvalue weighted by atomic mass is 35.5. The maximum Gasteiger partial charge on any atom is 0.123 e. The van der Waals surface area contributed by atoms with Gasteiger partial charge in [0.2, 0.25) is 0 Å². The standard InChI is InChI=1S/C9H11ClO2/c1-7-2-3-8(10)6-9(7)12-5-4-11/h2-3,6,11H,4-5H2,1H3. The Hall–Kier alpha value is -0.730. The van der Waals surface area contributed by atoms with Crippen LogP contribution in [-0.2, 0) is 0 Å². The number of halogens is 1. The van der Waals surface area contributed by atoms with Gasteiger partial charge in [-0.1, -0.05) is 17.7 Å². The van der Waals surface area contributed by atoms with Gasteiger partial charge in [0, 0.05) is 5.02 Å². The van der Waals surface area contributed by atoms with Crippen LogP contribution in [0.15, 0.2) is 18.2 Å². The van der Waals surface area contributed by atoms with Gasteiger partial charge in [0.1, 0.15) is 12.4 Å². The van der Waals surface area contributed by atoms with E-state index >= 15 is 0 Å². The minimum Gasteiger partial charge on any atom is -0.491 e. The molecule has 2 nitrogen and oxygen atoms in total. The number of benzene rings is 1. The zero-order valence-electron chi connectivity index (χ0n) is 6.88. The van der Waals surface area contributed by atoms with E-state index in [-0.39, 0.29) is 6.61 Å². The van der Waals surface area contributed by atoms with Crippen LogP contribution < -0.4 is 4.74 Å². The minimum atomic E-state index is 0.0198. The summed E-state index contributed by atoms with van der Waals surface area (Å²) in [6.45, 7) is 2.26. The highest BCUT2D eigenvalue weighted by Crippen LogP contribution is 2.22. The summed E-state index contributed by atoms with van der Waals surface area (Å²) in [5.74, 6) is 0.733. The van der Waals surface area contributed by atoms with Gasteiger partial charge in [-0.05, 0) is 24.6 Å². The first kappa shape index (κ1) is 9.36. The van der Waals surface area contributed by atoms with Crippen molar-refractivity contribution in [2.24, 2.45) is 0 Å². The van der Waals surface area contributed by atoms with Gasteiger partial charge in [0.05, 0.1) is 6.61 Å². The van der Waals surface area contributed by atoms with Crippen LogP contribution in [0.2, 0.25) is 5.02 Å². The van der Waals surface area contributed by atoms with E-state index in [4.69, 9.17) is 21.4 Å². The number of aliphatic hydroxyl groups is 1. The van der Waals surface area contributed by atoms with E-state index in [2.05, 4.69) is 0 Å². The summed E-state index contributed by atoms with van der Waals surface area (Å²) >= 11 is 5.75. The maximum atomic E-state index is 8.53. The third-order valence-electron chi connectivity index (χ3n) is 1.50. The molecule has 0 bridgehead atoms. The second-order valence-corrected chi connectivity index (χ2v) is 2.92. The van der Waals surface area contributed by atoms with Crippen molar-refractivity contribution in [3.8, 4) is 5.75 Å².